The summed E-state index contributed by atoms with van der Waals surface area (Å²) in [6, 6.07) is 70.4. The SMILES string of the molecule is N#Cc1ccc2c(c1)C1(c3cc(-c4cccc(-c5nc(-c6ccccc6)nc(-c6cccc(-c7ccccc7)c6)n5)c4)ccc3S2)c2ccccc2-c2ccccc21. The fraction of sp³-hybridized carbons (Fsp3) is 0.0189. The van der Waals surface area contributed by atoms with E-state index in [1.807, 2.05) is 42.5 Å². The van der Waals surface area contributed by atoms with Gasteiger partial charge in [0, 0.05) is 26.5 Å². The van der Waals surface area contributed by atoms with Gasteiger partial charge in [0.05, 0.1) is 17.0 Å². The Kier molecular flexibility index (Phi) is 7.99. The largest absolute Gasteiger partial charge is 0.208 e. The third-order valence-electron chi connectivity index (χ3n) is 11.4. The van der Waals surface area contributed by atoms with Crippen LogP contribution in [0.3, 0.4) is 0 Å². The van der Waals surface area contributed by atoms with Gasteiger partial charge in [-0.1, -0.05) is 163 Å². The van der Waals surface area contributed by atoms with Crippen LogP contribution < -0.4 is 0 Å². The summed E-state index contributed by atoms with van der Waals surface area (Å²) in [5, 5.41) is 10.1. The van der Waals surface area contributed by atoms with Crippen molar-refractivity contribution in [2.45, 2.75) is 15.2 Å². The Morgan fingerprint density at radius 2 is 0.810 bits per heavy atom. The molecule has 0 amide bonds. The summed E-state index contributed by atoms with van der Waals surface area (Å²) in [7, 11) is 0. The highest BCUT2D eigenvalue weighted by molar-refractivity contribution is 7.99. The van der Waals surface area contributed by atoms with Crippen LogP contribution >= 0.6 is 11.8 Å². The lowest BCUT2D eigenvalue weighted by molar-refractivity contribution is 0.722. The predicted molar refractivity (Wildman–Crippen MR) is 233 cm³/mol. The molecule has 2 heterocycles. The Labute approximate surface area is 341 Å². The van der Waals surface area contributed by atoms with Crippen molar-refractivity contribution in [1.29, 1.82) is 5.26 Å². The molecule has 9 aromatic rings. The van der Waals surface area contributed by atoms with Crippen LogP contribution in [-0.4, -0.2) is 15.0 Å². The number of aromatic nitrogens is 3. The molecule has 0 unspecified atom stereocenters. The van der Waals surface area contributed by atoms with Crippen LogP contribution in [0.15, 0.2) is 204 Å². The number of nitriles is 1. The Morgan fingerprint density at radius 1 is 0.362 bits per heavy atom. The Bertz CT molecular complexity index is 3070. The molecule has 0 bridgehead atoms. The summed E-state index contributed by atoms with van der Waals surface area (Å²) in [5.74, 6) is 1.85. The number of hydrogen-bond acceptors (Lipinski definition) is 5. The minimum absolute atomic E-state index is 0.592. The van der Waals surface area contributed by atoms with Gasteiger partial charge in [0.1, 0.15) is 0 Å². The van der Waals surface area contributed by atoms with Gasteiger partial charge in [0.15, 0.2) is 17.5 Å². The molecule has 0 saturated carbocycles. The van der Waals surface area contributed by atoms with Gasteiger partial charge in [-0.3, -0.25) is 0 Å². The van der Waals surface area contributed by atoms with Gasteiger partial charge in [-0.05, 0) is 98.1 Å². The average Bonchev–Trinajstić information content (AvgIpc) is 3.60. The van der Waals surface area contributed by atoms with E-state index in [0.29, 0.717) is 23.0 Å². The monoisotopic (exact) mass is 756 g/mol. The fourth-order valence-electron chi connectivity index (χ4n) is 8.81. The highest BCUT2D eigenvalue weighted by atomic mass is 32.2. The van der Waals surface area contributed by atoms with E-state index in [1.54, 1.807) is 11.8 Å². The molecule has 1 spiro atoms. The zero-order chi connectivity index (χ0) is 38.6. The first kappa shape index (κ1) is 33.9. The second-order valence-electron chi connectivity index (χ2n) is 14.7. The molecule has 0 fully saturated rings. The maximum Gasteiger partial charge on any atom is 0.164 e. The van der Waals surface area contributed by atoms with Crippen LogP contribution in [0.5, 0.6) is 0 Å². The van der Waals surface area contributed by atoms with E-state index in [4.69, 9.17) is 15.0 Å². The minimum Gasteiger partial charge on any atom is -0.208 e. The molecule has 0 atom stereocenters. The smallest absolute Gasteiger partial charge is 0.164 e. The van der Waals surface area contributed by atoms with Crippen molar-refractivity contribution in [1.82, 2.24) is 15.0 Å². The molecule has 1 aliphatic carbocycles. The van der Waals surface area contributed by atoms with Crippen molar-refractivity contribution in [2.24, 2.45) is 0 Å². The summed E-state index contributed by atoms with van der Waals surface area (Å²) >= 11 is 1.78. The molecule has 1 aliphatic heterocycles. The van der Waals surface area contributed by atoms with Crippen LogP contribution in [0.4, 0.5) is 0 Å². The quantitative estimate of drug-likeness (QED) is 0.175. The summed E-state index contributed by atoms with van der Waals surface area (Å²) in [6.45, 7) is 0. The van der Waals surface area contributed by atoms with Crippen LogP contribution in [0.2, 0.25) is 0 Å². The van der Waals surface area contributed by atoms with Gasteiger partial charge in [-0.2, -0.15) is 5.26 Å². The van der Waals surface area contributed by atoms with E-state index in [0.717, 1.165) is 44.5 Å². The van der Waals surface area contributed by atoms with Crippen LogP contribution in [0, 0.1) is 11.3 Å². The Balaban J connectivity index is 1.07. The summed E-state index contributed by atoms with van der Waals surface area (Å²) in [6.07, 6.45) is 0. The van der Waals surface area contributed by atoms with Gasteiger partial charge in [0.2, 0.25) is 0 Å². The second-order valence-corrected chi connectivity index (χ2v) is 15.8. The number of hydrogen-bond donors (Lipinski definition) is 0. The zero-order valence-corrected chi connectivity index (χ0v) is 32.0. The molecule has 4 nitrogen and oxygen atoms in total. The van der Waals surface area contributed by atoms with Crippen LogP contribution in [0.25, 0.3) is 67.5 Å². The molecule has 270 valence electrons. The average molecular weight is 757 g/mol. The van der Waals surface area contributed by atoms with Crippen molar-refractivity contribution in [3.05, 3.63) is 222 Å². The lowest BCUT2D eigenvalue weighted by Gasteiger charge is -2.40. The van der Waals surface area contributed by atoms with Gasteiger partial charge in [-0.15, -0.1) is 0 Å². The van der Waals surface area contributed by atoms with Crippen molar-refractivity contribution < 1.29 is 0 Å². The molecule has 5 heteroatoms. The number of nitrogens with zero attached hydrogens (tertiary/aromatic N) is 4. The molecule has 11 rings (SSSR count). The lowest BCUT2D eigenvalue weighted by Crippen LogP contribution is -2.32. The molecular weight excluding hydrogens is 725 g/mol. The van der Waals surface area contributed by atoms with E-state index in [1.165, 1.54) is 37.6 Å². The standard InChI is InChI=1S/C53H32N4S/c54-33-34-25-27-48-46(29-34)53(44-23-9-7-21-42(44)43-22-8-10-24-45(43)53)47-32-39(26-28-49(47)58-48)38-18-12-20-41(31-38)52-56-50(36-15-5-2-6-16-36)55-51(57-52)40-19-11-17-37(30-40)35-13-3-1-4-14-35/h1-32H. The summed E-state index contributed by atoms with van der Waals surface area (Å²) in [5.41, 5.74) is 14.5. The van der Waals surface area contributed by atoms with Crippen molar-refractivity contribution >= 4 is 11.8 Å². The first-order valence-corrected chi connectivity index (χ1v) is 20.1. The van der Waals surface area contributed by atoms with Crippen molar-refractivity contribution in [2.75, 3.05) is 0 Å². The minimum atomic E-state index is -0.592. The predicted octanol–water partition coefficient (Wildman–Crippen LogP) is 12.9. The zero-order valence-electron chi connectivity index (χ0n) is 31.2. The maximum atomic E-state index is 10.1. The third kappa shape index (κ3) is 5.42. The van der Waals surface area contributed by atoms with Gasteiger partial charge >= 0.3 is 0 Å². The molecule has 0 N–H and O–H groups in total. The molecular formula is C53H32N4S. The summed E-state index contributed by atoms with van der Waals surface area (Å²) in [4.78, 5) is 17.6. The Hall–Kier alpha value is -7.39. The molecule has 58 heavy (non-hydrogen) atoms. The molecule has 1 aromatic heterocycles. The molecule has 8 aromatic carbocycles. The topological polar surface area (TPSA) is 62.5 Å². The lowest BCUT2D eigenvalue weighted by atomic mass is 9.66. The van der Waals surface area contributed by atoms with E-state index >= 15 is 0 Å². The first-order valence-electron chi connectivity index (χ1n) is 19.3. The Morgan fingerprint density at radius 3 is 1.41 bits per heavy atom. The third-order valence-corrected chi connectivity index (χ3v) is 12.6. The molecule has 0 radical (unpaired) electrons. The fourth-order valence-corrected chi connectivity index (χ4v) is 9.96. The molecule has 2 aliphatic rings. The van der Waals surface area contributed by atoms with Gasteiger partial charge in [-0.25, -0.2) is 15.0 Å². The van der Waals surface area contributed by atoms with Crippen LogP contribution in [0.1, 0.15) is 27.8 Å². The summed E-state index contributed by atoms with van der Waals surface area (Å²) < 4.78 is 0. The van der Waals surface area contributed by atoms with Crippen molar-refractivity contribution in [3.8, 4) is 73.6 Å². The highest BCUT2D eigenvalue weighted by Crippen LogP contribution is 2.62. The number of rotatable bonds is 5. The maximum absolute atomic E-state index is 10.1. The number of benzene rings is 8. The van der Waals surface area contributed by atoms with E-state index in [-0.39, 0.29) is 0 Å². The van der Waals surface area contributed by atoms with E-state index < -0.39 is 5.41 Å². The number of fused-ring (bicyclic) bond motifs is 9. The molecule has 0 saturated heterocycles. The van der Waals surface area contributed by atoms with Gasteiger partial charge < -0.3 is 0 Å². The van der Waals surface area contributed by atoms with Gasteiger partial charge in [0.25, 0.3) is 0 Å². The first-order chi connectivity index (χ1) is 28.7. The highest BCUT2D eigenvalue weighted by Gasteiger charge is 2.50. The second kappa shape index (κ2) is 13.7. The van der Waals surface area contributed by atoms with E-state index in [2.05, 4.69) is 158 Å². The van der Waals surface area contributed by atoms with Crippen molar-refractivity contribution in [3.63, 3.8) is 0 Å². The van der Waals surface area contributed by atoms with E-state index in [9.17, 15) is 5.26 Å². The van der Waals surface area contributed by atoms with Crippen LogP contribution in [-0.2, 0) is 5.41 Å². The normalized spacial score (nSPS) is 12.9.